The number of alkyl halides is 6. The molecule has 0 bridgehead atoms. The molecule has 0 aromatic heterocycles. The number of nitrogens with zero attached hydrogens (tertiary/aromatic N) is 4. The zero-order chi connectivity index (χ0) is 30.4. The highest BCUT2D eigenvalue weighted by molar-refractivity contribution is 5.89. The molecule has 1 saturated heterocycles. The third-order valence-electron chi connectivity index (χ3n) is 8.83. The monoisotopic (exact) mass is 599 g/mol. The van der Waals surface area contributed by atoms with E-state index in [2.05, 4.69) is 9.89 Å². The molecule has 41 heavy (non-hydrogen) atoms. The Morgan fingerprint density at radius 3 is 2.02 bits per heavy atom. The first-order valence-corrected chi connectivity index (χ1v) is 14.6. The molecule has 2 amide bonds. The molecule has 2 saturated carbocycles. The summed E-state index contributed by atoms with van der Waals surface area (Å²) in [4.78, 5) is 34.5. The molecule has 1 aliphatic heterocycles. The van der Waals surface area contributed by atoms with Crippen LogP contribution >= 0.6 is 0 Å². The number of aliphatic imine (C=N–C) groups is 1. The van der Waals surface area contributed by atoms with Crippen LogP contribution in [0.2, 0.25) is 0 Å². The zero-order valence-corrected chi connectivity index (χ0v) is 23.9. The Labute approximate surface area is 237 Å². The Kier molecular flexibility index (Phi) is 11.6. The van der Waals surface area contributed by atoms with Crippen molar-refractivity contribution in [3.05, 3.63) is 0 Å². The standard InChI is InChI=1S/C27H43F6N5O3/c1-3-41-25(40)35-24(34)38-13-11-37(12-14-38)22(19-7-5-4-6-8-19)23(39)36(2)10-9-18-15-20(26(28,29)30)17-21(16-18)27(31,32)33/h18-22H,3-17H2,1-2H3,(H2,34,35,40). The Hall–Kier alpha value is -2.25. The normalized spacial score (nSPS) is 26.5. The summed E-state index contributed by atoms with van der Waals surface area (Å²) in [6, 6.07) is -0.442. The molecule has 0 aromatic rings. The highest BCUT2D eigenvalue weighted by Crippen LogP contribution is 2.48. The van der Waals surface area contributed by atoms with Crippen LogP contribution in [0.5, 0.6) is 0 Å². The molecule has 2 N–H and O–H groups in total. The summed E-state index contributed by atoms with van der Waals surface area (Å²) in [7, 11) is 1.59. The number of likely N-dealkylation sites (N-methyl/N-ethyl adjacent to an activating group) is 1. The van der Waals surface area contributed by atoms with E-state index in [1.165, 1.54) is 4.90 Å². The molecular weight excluding hydrogens is 556 g/mol. The van der Waals surface area contributed by atoms with Gasteiger partial charge in [0.1, 0.15) is 0 Å². The minimum absolute atomic E-state index is 0.0440. The first-order valence-electron chi connectivity index (χ1n) is 14.6. The number of halogens is 6. The van der Waals surface area contributed by atoms with Crippen LogP contribution < -0.4 is 5.73 Å². The average molecular weight is 600 g/mol. The number of rotatable bonds is 7. The second-order valence-electron chi connectivity index (χ2n) is 11.6. The Bertz CT molecular complexity index is 879. The van der Waals surface area contributed by atoms with Crippen LogP contribution in [0.3, 0.4) is 0 Å². The highest BCUT2D eigenvalue weighted by Gasteiger charge is 2.51. The summed E-state index contributed by atoms with van der Waals surface area (Å²) in [5.74, 6) is -4.75. The van der Waals surface area contributed by atoms with E-state index >= 15 is 0 Å². The average Bonchev–Trinajstić information content (AvgIpc) is 2.91. The third-order valence-corrected chi connectivity index (χ3v) is 8.83. The summed E-state index contributed by atoms with van der Waals surface area (Å²) in [5.41, 5.74) is 5.98. The van der Waals surface area contributed by atoms with E-state index in [0.29, 0.717) is 26.2 Å². The molecule has 1 heterocycles. The molecule has 3 fully saturated rings. The van der Waals surface area contributed by atoms with Gasteiger partial charge in [-0.15, -0.1) is 4.99 Å². The van der Waals surface area contributed by atoms with Gasteiger partial charge in [-0.25, -0.2) is 4.79 Å². The number of amides is 2. The van der Waals surface area contributed by atoms with Crippen LogP contribution in [0.4, 0.5) is 31.1 Å². The van der Waals surface area contributed by atoms with Crippen molar-refractivity contribution in [3.63, 3.8) is 0 Å². The van der Waals surface area contributed by atoms with Crippen molar-refractivity contribution in [2.75, 3.05) is 46.4 Å². The van der Waals surface area contributed by atoms with Crippen molar-refractivity contribution in [2.45, 2.75) is 83.1 Å². The summed E-state index contributed by atoms with van der Waals surface area (Å²) in [5, 5.41) is 0. The van der Waals surface area contributed by atoms with Crippen molar-refractivity contribution < 1.29 is 40.7 Å². The van der Waals surface area contributed by atoms with E-state index < -0.39 is 48.7 Å². The predicted molar refractivity (Wildman–Crippen MR) is 141 cm³/mol. The number of guanidine groups is 1. The molecule has 3 aliphatic rings. The molecule has 236 valence electrons. The van der Waals surface area contributed by atoms with Crippen LogP contribution in [0, 0.1) is 23.7 Å². The fraction of sp³-hybridized carbons (Fsp3) is 0.889. The SMILES string of the molecule is CCOC(=O)/N=C(\N)N1CCN(C(C(=O)N(C)CCC2CC(C(F)(F)F)CC(C(F)(F)F)C2)C2CCCCC2)CC1. The van der Waals surface area contributed by atoms with E-state index in [1.807, 2.05) is 0 Å². The summed E-state index contributed by atoms with van der Waals surface area (Å²) in [6.45, 7) is 3.79. The number of carbonyl (C=O) groups excluding carboxylic acids is 2. The second kappa shape index (κ2) is 14.3. The number of piperazine rings is 1. The van der Waals surface area contributed by atoms with Crippen LogP contribution in [0.15, 0.2) is 4.99 Å². The lowest BCUT2D eigenvalue weighted by Gasteiger charge is -2.44. The highest BCUT2D eigenvalue weighted by atomic mass is 19.4. The Morgan fingerprint density at radius 1 is 0.951 bits per heavy atom. The fourth-order valence-electron chi connectivity index (χ4n) is 6.57. The maximum Gasteiger partial charge on any atom is 0.436 e. The number of ether oxygens (including phenoxy) is 1. The molecule has 0 spiro atoms. The molecule has 8 nitrogen and oxygen atoms in total. The predicted octanol–water partition coefficient (Wildman–Crippen LogP) is 5.03. The van der Waals surface area contributed by atoms with Crippen LogP contribution in [0.25, 0.3) is 0 Å². The van der Waals surface area contributed by atoms with Crippen molar-refractivity contribution in [3.8, 4) is 0 Å². The molecule has 0 radical (unpaired) electrons. The number of hydrogen-bond donors (Lipinski definition) is 1. The fourth-order valence-corrected chi connectivity index (χ4v) is 6.57. The van der Waals surface area contributed by atoms with Gasteiger partial charge in [0.2, 0.25) is 11.9 Å². The number of hydrogen-bond acceptors (Lipinski definition) is 4. The molecule has 14 heteroatoms. The van der Waals surface area contributed by atoms with E-state index in [0.717, 1.165) is 32.1 Å². The second-order valence-corrected chi connectivity index (χ2v) is 11.6. The smallest absolute Gasteiger partial charge is 0.436 e. The third kappa shape index (κ3) is 9.37. The van der Waals surface area contributed by atoms with Crippen molar-refractivity contribution in [1.82, 2.24) is 14.7 Å². The largest absolute Gasteiger partial charge is 0.448 e. The van der Waals surface area contributed by atoms with Gasteiger partial charge in [0, 0.05) is 39.8 Å². The van der Waals surface area contributed by atoms with E-state index in [4.69, 9.17) is 10.5 Å². The minimum atomic E-state index is -4.68. The minimum Gasteiger partial charge on any atom is -0.448 e. The van der Waals surface area contributed by atoms with E-state index in [-0.39, 0.29) is 50.2 Å². The zero-order valence-electron chi connectivity index (χ0n) is 23.9. The summed E-state index contributed by atoms with van der Waals surface area (Å²) < 4.78 is 85.3. The Balaban J connectivity index is 1.65. The van der Waals surface area contributed by atoms with Gasteiger partial charge in [0.25, 0.3) is 0 Å². The van der Waals surface area contributed by atoms with Gasteiger partial charge in [-0.1, -0.05) is 19.3 Å². The van der Waals surface area contributed by atoms with Gasteiger partial charge in [-0.3, -0.25) is 9.69 Å². The van der Waals surface area contributed by atoms with Gasteiger partial charge >= 0.3 is 18.4 Å². The first-order chi connectivity index (χ1) is 19.2. The lowest BCUT2D eigenvalue weighted by atomic mass is 9.73. The van der Waals surface area contributed by atoms with Crippen molar-refractivity contribution >= 4 is 18.0 Å². The first kappa shape index (κ1) is 33.3. The van der Waals surface area contributed by atoms with Gasteiger partial charge in [-0.05, 0) is 57.3 Å². The maximum atomic E-state index is 13.8. The van der Waals surface area contributed by atoms with Crippen molar-refractivity contribution in [1.29, 1.82) is 0 Å². The maximum absolute atomic E-state index is 13.8. The van der Waals surface area contributed by atoms with Gasteiger partial charge in [0.15, 0.2) is 0 Å². The van der Waals surface area contributed by atoms with E-state index in [1.54, 1.807) is 18.9 Å². The summed E-state index contributed by atoms with van der Waals surface area (Å²) in [6.07, 6.45) is -6.83. The molecular formula is C27H43F6N5O3. The van der Waals surface area contributed by atoms with Crippen LogP contribution in [0.1, 0.15) is 64.7 Å². The molecule has 0 aromatic carbocycles. The van der Waals surface area contributed by atoms with Gasteiger partial charge in [0.05, 0.1) is 24.5 Å². The number of nitrogens with two attached hydrogens (primary N) is 1. The Morgan fingerprint density at radius 2 is 1.51 bits per heavy atom. The number of carbonyl (C=O) groups is 2. The lowest BCUT2D eigenvalue weighted by molar-refractivity contribution is -0.229. The van der Waals surface area contributed by atoms with Gasteiger partial charge in [-0.2, -0.15) is 26.3 Å². The van der Waals surface area contributed by atoms with Crippen LogP contribution in [-0.2, 0) is 9.53 Å². The molecule has 3 rings (SSSR count). The summed E-state index contributed by atoms with van der Waals surface area (Å²) >= 11 is 0. The quantitative estimate of drug-likeness (QED) is 0.251. The van der Waals surface area contributed by atoms with Gasteiger partial charge < -0.3 is 20.3 Å². The van der Waals surface area contributed by atoms with Crippen molar-refractivity contribution in [2.24, 2.45) is 34.4 Å². The van der Waals surface area contributed by atoms with E-state index in [9.17, 15) is 35.9 Å². The molecule has 3 atom stereocenters. The molecule has 2 aliphatic carbocycles. The molecule has 3 unspecified atom stereocenters. The topological polar surface area (TPSA) is 91.5 Å². The van der Waals surface area contributed by atoms with Crippen LogP contribution in [-0.4, -0.2) is 97.4 Å². The lowest BCUT2D eigenvalue weighted by Crippen LogP contribution is -2.59.